The van der Waals surface area contributed by atoms with E-state index in [-0.39, 0.29) is 24.5 Å². The van der Waals surface area contributed by atoms with Gasteiger partial charge in [-0.15, -0.1) is 0 Å². The van der Waals surface area contributed by atoms with Crippen molar-refractivity contribution in [3.63, 3.8) is 0 Å². The van der Waals surface area contributed by atoms with Gasteiger partial charge in [-0.2, -0.15) is 0 Å². The highest BCUT2D eigenvalue weighted by Crippen LogP contribution is 2.19. The van der Waals surface area contributed by atoms with E-state index in [0.717, 1.165) is 37.0 Å². The number of ether oxygens (including phenoxy) is 1. The molecule has 4 nitrogen and oxygen atoms in total. The summed E-state index contributed by atoms with van der Waals surface area (Å²) in [6.45, 7) is 16.9. The van der Waals surface area contributed by atoms with Crippen molar-refractivity contribution in [3.05, 3.63) is 12.2 Å². The van der Waals surface area contributed by atoms with Gasteiger partial charge in [0.25, 0.3) is 0 Å². The van der Waals surface area contributed by atoms with Crippen LogP contribution in [0.25, 0.3) is 0 Å². The van der Waals surface area contributed by atoms with Crippen LogP contribution in [0.2, 0.25) is 0 Å². The second-order valence-corrected chi connectivity index (χ2v) is 5.79. The normalized spacial score (nSPS) is 14.0. The lowest BCUT2D eigenvalue weighted by Gasteiger charge is -2.43. The molecule has 0 aliphatic rings. The third-order valence-corrected chi connectivity index (χ3v) is 4.17. The standard InChI is InChI=1S/C16H32NO3.ClH/c1-7-17(8-2,12-15(6)18)14(5)10-9-11-20-16(19)13(3)4;/h14-15,18H,3,7-12H2,1-2,4-6H3;1H/q+1;/p-1. The number of rotatable bonds is 10. The molecule has 2 unspecified atom stereocenters. The molecule has 0 aliphatic carbocycles. The summed E-state index contributed by atoms with van der Waals surface area (Å²) >= 11 is 0. The third-order valence-electron chi connectivity index (χ3n) is 4.17. The molecule has 0 heterocycles. The molecule has 0 spiro atoms. The van der Waals surface area contributed by atoms with E-state index in [9.17, 15) is 9.90 Å². The van der Waals surface area contributed by atoms with Gasteiger partial charge in [0.05, 0.1) is 25.7 Å². The number of carbonyl (C=O) groups is 1. The zero-order valence-electron chi connectivity index (χ0n) is 14.2. The maximum Gasteiger partial charge on any atom is 0.333 e. The largest absolute Gasteiger partial charge is 1.00 e. The molecule has 0 aromatic carbocycles. The van der Waals surface area contributed by atoms with Crippen LogP contribution < -0.4 is 12.4 Å². The zero-order valence-corrected chi connectivity index (χ0v) is 14.9. The molecule has 0 rings (SSSR count). The molecule has 0 saturated carbocycles. The lowest BCUT2D eigenvalue weighted by atomic mass is 10.1. The molecular weight excluding hydrogens is 290 g/mol. The van der Waals surface area contributed by atoms with Gasteiger partial charge in [0, 0.05) is 12.0 Å². The number of aliphatic hydroxyl groups excluding tert-OH is 1. The molecule has 21 heavy (non-hydrogen) atoms. The third kappa shape index (κ3) is 7.84. The van der Waals surface area contributed by atoms with Gasteiger partial charge in [-0.05, 0) is 41.0 Å². The fraction of sp³-hybridized carbons (Fsp3) is 0.812. The van der Waals surface area contributed by atoms with Gasteiger partial charge in [-0.3, -0.25) is 0 Å². The first kappa shape index (κ1) is 22.7. The SMILES string of the molecule is C=C(C)C(=O)OCCCC(C)[N+](CC)(CC)CC(C)O.[Cl-]. The van der Waals surface area contributed by atoms with Gasteiger partial charge < -0.3 is 26.7 Å². The van der Waals surface area contributed by atoms with E-state index < -0.39 is 0 Å². The Morgan fingerprint density at radius 3 is 2.19 bits per heavy atom. The summed E-state index contributed by atoms with van der Waals surface area (Å²) in [6, 6.07) is 0.447. The van der Waals surface area contributed by atoms with Crippen molar-refractivity contribution < 1.29 is 31.5 Å². The number of hydrogen-bond acceptors (Lipinski definition) is 3. The minimum atomic E-state index is -0.312. The minimum absolute atomic E-state index is 0. The van der Waals surface area contributed by atoms with Crippen LogP contribution in [0.15, 0.2) is 12.2 Å². The average molecular weight is 322 g/mol. The van der Waals surface area contributed by atoms with Crippen LogP contribution in [0.4, 0.5) is 0 Å². The molecule has 126 valence electrons. The van der Waals surface area contributed by atoms with Gasteiger partial charge in [-0.25, -0.2) is 4.79 Å². The molecule has 0 aliphatic heterocycles. The fourth-order valence-corrected chi connectivity index (χ4v) is 2.75. The maximum absolute atomic E-state index is 11.3. The average Bonchev–Trinajstić information content (AvgIpc) is 2.39. The van der Waals surface area contributed by atoms with Crippen LogP contribution in [0.1, 0.15) is 47.5 Å². The van der Waals surface area contributed by atoms with Crippen molar-refractivity contribution in [2.75, 3.05) is 26.2 Å². The summed E-state index contributed by atoms with van der Waals surface area (Å²) in [5.41, 5.74) is 0.444. The number of aliphatic hydroxyl groups is 1. The van der Waals surface area contributed by atoms with Gasteiger partial charge in [0.2, 0.25) is 0 Å². The van der Waals surface area contributed by atoms with Crippen molar-refractivity contribution in [2.24, 2.45) is 0 Å². The van der Waals surface area contributed by atoms with E-state index >= 15 is 0 Å². The summed E-state index contributed by atoms with van der Waals surface area (Å²) in [5, 5.41) is 9.71. The highest BCUT2D eigenvalue weighted by molar-refractivity contribution is 5.86. The first-order chi connectivity index (χ1) is 9.29. The number of nitrogens with zero attached hydrogens (tertiary/aromatic N) is 1. The van der Waals surface area contributed by atoms with E-state index in [1.807, 2.05) is 6.92 Å². The van der Waals surface area contributed by atoms with Crippen molar-refractivity contribution in [1.29, 1.82) is 0 Å². The number of esters is 1. The monoisotopic (exact) mass is 321 g/mol. The van der Waals surface area contributed by atoms with Crippen molar-refractivity contribution >= 4 is 5.97 Å². The van der Waals surface area contributed by atoms with Crippen molar-refractivity contribution in [1.82, 2.24) is 0 Å². The van der Waals surface area contributed by atoms with Crippen molar-refractivity contribution in [2.45, 2.75) is 59.6 Å². The van der Waals surface area contributed by atoms with E-state index in [1.54, 1.807) is 6.92 Å². The minimum Gasteiger partial charge on any atom is -1.00 e. The maximum atomic E-state index is 11.3. The topological polar surface area (TPSA) is 46.5 Å². The zero-order chi connectivity index (χ0) is 15.8. The van der Waals surface area contributed by atoms with E-state index in [2.05, 4.69) is 27.4 Å². The molecular formula is C16H32ClNO3. The smallest absolute Gasteiger partial charge is 0.333 e. The summed E-state index contributed by atoms with van der Waals surface area (Å²) in [4.78, 5) is 11.3. The van der Waals surface area contributed by atoms with Crippen LogP contribution in [0.5, 0.6) is 0 Å². The molecule has 0 amide bonds. The first-order valence-electron chi connectivity index (χ1n) is 7.65. The van der Waals surface area contributed by atoms with Gasteiger partial charge >= 0.3 is 5.97 Å². The van der Waals surface area contributed by atoms with Crippen molar-refractivity contribution in [3.8, 4) is 0 Å². The first-order valence-corrected chi connectivity index (χ1v) is 7.65. The summed E-state index contributed by atoms with van der Waals surface area (Å²) < 4.78 is 6.03. The number of likely N-dealkylation sites (N-methyl/N-ethyl adjacent to an activating group) is 1. The highest BCUT2D eigenvalue weighted by Gasteiger charge is 2.31. The Morgan fingerprint density at radius 2 is 1.81 bits per heavy atom. The molecule has 0 aromatic heterocycles. The summed E-state index contributed by atoms with van der Waals surface area (Å²) in [6.07, 6.45) is 1.54. The Labute approximate surface area is 136 Å². The quantitative estimate of drug-likeness (QED) is 0.256. The number of hydrogen-bond donors (Lipinski definition) is 1. The van der Waals surface area contributed by atoms with Crippen LogP contribution in [-0.2, 0) is 9.53 Å². The number of halogens is 1. The van der Waals surface area contributed by atoms with Crippen LogP contribution in [0.3, 0.4) is 0 Å². The summed E-state index contributed by atoms with van der Waals surface area (Å²) in [7, 11) is 0. The predicted molar refractivity (Wildman–Crippen MR) is 82.4 cm³/mol. The lowest BCUT2D eigenvalue weighted by Crippen LogP contribution is -3.00. The Hall–Kier alpha value is -0.580. The van der Waals surface area contributed by atoms with Crippen LogP contribution in [-0.4, -0.2) is 53.9 Å². The lowest BCUT2D eigenvalue weighted by molar-refractivity contribution is -0.949. The number of carbonyl (C=O) groups excluding carboxylic acids is 1. The predicted octanol–water partition coefficient (Wildman–Crippen LogP) is -0.484. The Morgan fingerprint density at radius 1 is 1.29 bits per heavy atom. The van der Waals surface area contributed by atoms with E-state index in [0.29, 0.717) is 18.2 Å². The van der Waals surface area contributed by atoms with E-state index in [1.165, 1.54) is 0 Å². The molecule has 0 aromatic rings. The molecule has 0 fully saturated rings. The Balaban J connectivity index is 0. The second kappa shape index (κ2) is 11.0. The molecule has 1 N–H and O–H groups in total. The Kier molecular flexibility index (Phi) is 11.9. The number of quaternary nitrogens is 1. The molecule has 0 radical (unpaired) electrons. The van der Waals surface area contributed by atoms with Gasteiger partial charge in [0.1, 0.15) is 12.6 Å². The fourth-order valence-electron chi connectivity index (χ4n) is 2.75. The summed E-state index contributed by atoms with van der Waals surface area (Å²) in [5.74, 6) is -0.312. The highest BCUT2D eigenvalue weighted by atomic mass is 35.5. The van der Waals surface area contributed by atoms with E-state index in [4.69, 9.17) is 4.74 Å². The van der Waals surface area contributed by atoms with Gasteiger partial charge in [-0.1, -0.05) is 6.58 Å². The van der Waals surface area contributed by atoms with Gasteiger partial charge in [0.15, 0.2) is 0 Å². The molecule has 0 saturated heterocycles. The Bertz CT molecular complexity index is 315. The molecule has 2 atom stereocenters. The van der Waals surface area contributed by atoms with Crippen LogP contribution in [0, 0.1) is 0 Å². The van der Waals surface area contributed by atoms with Crippen LogP contribution >= 0.6 is 0 Å². The molecule has 5 heteroatoms. The molecule has 0 bridgehead atoms. The second-order valence-electron chi connectivity index (χ2n) is 5.79.